The monoisotopic (exact) mass is 369 g/mol. The second-order valence-electron chi connectivity index (χ2n) is 3.22. The van der Waals surface area contributed by atoms with Crippen LogP contribution in [0.3, 0.4) is 0 Å². The van der Waals surface area contributed by atoms with E-state index < -0.39 is 17.2 Å². The molecule has 17 heavy (non-hydrogen) atoms. The molecule has 0 aromatic heterocycles. The van der Waals surface area contributed by atoms with Crippen molar-refractivity contribution < 1.29 is 19.5 Å². The zero-order valence-corrected chi connectivity index (χ0v) is 12.0. The Morgan fingerprint density at radius 2 is 2.29 bits per heavy atom. The summed E-state index contributed by atoms with van der Waals surface area (Å²) in [6.45, 7) is 1.84. The van der Waals surface area contributed by atoms with Gasteiger partial charge in [0.2, 0.25) is 0 Å². The van der Waals surface area contributed by atoms with Crippen LogP contribution in [-0.4, -0.2) is 17.2 Å². The van der Waals surface area contributed by atoms with Crippen LogP contribution in [-0.2, 0) is 14.4 Å². The zero-order valence-electron chi connectivity index (χ0n) is 8.81. The molecule has 8 heteroatoms. The molecular formula is C9H9Br2NO5. The van der Waals surface area contributed by atoms with Crippen LogP contribution >= 0.6 is 31.9 Å². The summed E-state index contributed by atoms with van der Waals surface area (Å²) >= 11 is 6.19. The molecule has 1 aliphatic rings. The van der Waals surface area contributed by atoms with E-state index in [0.29, 0.717) is 16.2 Å². The first-order chi connectivity index (χ1) is 7.95. The second-order valence-corrected chi connectivity index (χ2v) is 5.87. The molecule has 1 unspecified atom stereocenters. The molecule has 0 aliphatic carbocycles. The minimum Gasteiger partial charge on any atom is -0.421 e. The molecule has 0 aromatic carbocycles. The molecule has 94 valence electrons. The van der Waals surface area contributed by atoms with Crippen molar-refractivity contribution in [2.45, 2.75) is 25.9 Å². The third-order valence-corrected chi connectivity index (χ3v) is 2.80. The van der Waals surface area contributed by atoms with Crippen molar-refractivity contribution in [2.24, 2.45) is 0 Å². The van der Waals surface area contributed by atoms with E-state index in [0.717, 1.165) is 0 Å². The summed E-state index contributed by atoms with van der Waals surface area (Å²) in [5.74, 6) is -0.352. The van der Waals surface area contributed by atoms with Crippen molar-refractivity contribution in [1.82, 2.24) is 0 Å². The number of carbonyl (C=O) groups excluding carboxylic acids is 1. The molecule has 0 radical (unpaired) electrons. The largest absolute Gasteiger partial charge is 0.421 e. The van der Waals surface area contributed by atoms with Gasteiger partial charge in [-0.1, -0.05) is 13.3 Å². The van der Waals surface area contributed by atoms with Crippen molar-refractivity contribution in [1.29, 1.82) is 0 Å². The van der Waals surface area contributed by atoms with Crippen molar-refractivity contribution in [3.63, 3.8) is 0 Å². The minimum atomic E-state index is -0.903. The number of carbonyl (C=O) groups is 1. The Morgan fingerprint density at radius 3 is 2.71 bits per heavy atom. The molecule has 1 heterocycles. The van der Waals surface area contributed by atoms with Crippen LogP contribution in [0.4, 0.5) is 0 Å². The van der Waals surface area contributed by atoms with Gasteiger partial charge in [-0.2, -0.15) is 0 Å². The molecule has 0 amide bonds. The van der Waals surface area contributed by atoms with E-state index in [1.807, 2.05) is 6.92 Å². The highest BCUT2D eigenvalue weighted by atomic mass is 79.9. The van der Waals surface area contributed by atoms with Crippen LogP contribution < -0.4 is 0 Å². The Morgan fingerprint density at radius 1 is 1.65 bits per heavy atom. The third kappa shape index (κ3) is 3.81. The summed E-state index contributed by atoms with van der Waals surface area (Å²) in [4.78, 5) is 26.3. The average Bonchev–Trinajstić information content (AvgIpc) is 2.59. The number of hydrogen-bond donors (Lipinski definition) is 0. The fourth-order valence-electron chi connectivity index (χ4n) is 1.34. The number of allylic oxidation sites excluding steroid dienone is 1. The van der Waals surface area contributed by atoms with Crippen molar-refractivity contribution in [3.05, 3.63) is 30.9 Å². The van der Waals surface area contributed by atoms with Crippen LogP contribution in [0.15, 0.2) is 20.8 Å². The number of ether oxygens (including phenoxy) is 1. The highest BCUT2D eigenvalue weighted by molar-refractivity contribution is 9.28. The molecule has 0 fully saturated rings. The van der Waals surface area contributed by atoms with Crippen molar-refractivity contribution >= 4 is 37.8 Å². The smallest absolute Gasteiger partial charge is 0.341 e. The second kappa shape index (κ2) is 6.15. The van der Waals surface area contributed by atoms with Gasteiger partial charge in [0, 0.05) is 0 Å². The first-order valence-electron chi connectivity index (χ1n) is 4.76. The Hall–Kier alpha value is -0.890. The topological polar surface area (TPSA) is 78.7 Å². The van der Waals surface area contributed by atoms with Gasteiger partial charge in [0.25, 0.3) is 5.09 Å². The van der Waals surface area contributed by atoms with Crippen LogP contribution in [0.25, 0.3) is 0 Å². The number of hydrogen-bond acceptors (Lipinski definition) is 5. The summed E-state index contributed by atoms with van der Waals surface area (Å²) in [5.41, 5.74) is 0.148. The summed E-state index contributed by atoms with van der Waals surface area (Å²) in [6.07, 6.45) is 1.55. The molecule has 1 rings (SSSR count). The van der Waals surface area contributed by atoms with Gasteiger partial charge in [0.15, 0.2) is 5.76 Å². The molecule has 1 aliphatic heterocycles. The summed E-state index contributed by atoms with van der Waals surface area (Å²) < 4.78 is 5.36. The maximum Gasteiger partial charge on any atom is 0.341 e. The van der Waals surface area contributed by atoms with Gasteiger partial charge in [-0.05, 0) is 44.4 Å². The Labute approximate surface area is 114 Å². The highest BCUT2D eigenvalue weighted by Crippen LogP contribution is 2.30. The Balaban J connectivity index is 2.94. The number of cyclic esters (lactones) is 1. The maximum atomic E-state index is 11.5. The molecule has 0 aromatic rings. The van der Waals surface area contributed by atoms with Gasteiger partial charge in [0.1, 0.15) is 9.50 Å². The molecule has 0 saturated heterocycles. The molecule has 0 spiro atoms. The summed E-state index contributed by atoms with van der Waals surface area (Å²) in [7, 11) is 0. The van der Waals surface area contributed by atoms with Gasteiger partial charge in [-0.25, -0.2) is 4.79 Å². The molecule has 0 N–H and O–H groups in total. The van der Waals surface area contributed by atoms with Crippen LogP contribution in [0.1, 0.15) is 19.8 Å². The Bertz CT molecular complexity index is 400. The average molecular weight is 371 g/mol. The summed E-state index contributed by atoms with van der Waals surface area (Å²) in [5, 5.41) is 9.43. The third-order valence-electron chi connectivity index (χ3n) is 2.02. The molecule has 0 bridgehead atoms. The number of nitrogens with zero attached hydrogens (tertiary/aromatic N) is 1. The van der Waals surface area contributed by atoms with E-state index in [-0.39, 0.29) is 11.3 Å². The van der Waals surface area contributed by atoms with Gasteiger partial charge in [-0.15, -0.1) is 10.1 Å². The van der Waals surface area contributed by atoms with Gasteiger partial charge in [-0.3, -0.25) is 0 Å². The molecular weight excluding hydrogens is 362 g/mol. The van der Waals surface area contributed by atoms with Crippen LogP contribution in [0.5, 0.6) is 0 Å². The first-order valence-corrected chi connectivity index (χ1v) is 6.34. The van der Waals surface area contributed by atoms with E-state index in [1.54, 1.807) is 0 Å². The fourth-order valence-corrected chi connectivity index (χ4v) is 1.73. The lowest BCUT2D eigenvalue weighted by Gasteiger charge is -2.12. The van der Waals surface area contributed by atoms with E-state index in [9.17, 15) is 14.9 Å². The number of rotatable bonds is 5. The molecule has 0 saturated carbocycles. The first kappa shape index (κ1) is 14.2. The summed E-state index contributed by atoms with van der Waals surface area (Å²) in [6, 6.07) is 0. The predicted molar refractivity (Wildman–Crippen MR) is 65.8 cm³/mol. The maximum absolute atomic E-state index is 11.5. The predicted octanol–water partition coefficient (Wildman–Crippen LogP) is 2.81. The lowest BCUT2D eigenvalue weighted by atomic mass is 10.1. The highest BCUT2D eigenvalue weighted by Gasteiger charge is 2.31. The van der Waals surface area contributed by atoms with Crippen LogP contribution in [0, 0.1) is 10.1 Å². The molecule has 1 atom stereocenters. The standard InChI is InChI=1S/C9H9Br2NO5/c1-2-3-6(17-12(14)15)5-4-7(8(10)11)16-9(5)13/h4,6H,2-3H2,1H3. The molecule has 6 nitrogen and oxygen atoms in total. The van der Waals surface area contributed by atoms with Crippen LogP contribution in [0.2, 0.25) is 0 Å². The van der Waals surface area contributed by atoms with E-state index in [1.165, 1.54) is 6.08 Å². The quantitative estimate of drug-likeness (QED) is 0.422. The number of halogens is 2. The van der Waals surface area contributed by atoms with E-state index >= 15 is 0 Å². The van der Waals surface area contributed by atoms with Gasteiger partial charge in [0.05, 0.1) is 5.57 Å². The van der Waals surface area contributed by atoms with E-state index in [2.05, 4.69) is 36.7 Å². The van der Waals surface area contributed by atoms with Crippen molar-refractivity contribution in [2.75, 3.05) is 0 Å². The van der Waals surface area contributed by atoms with Gasteiger partial charge < -0.3 is 9.57 Å². The number of esters is 1. The van der Waals surface area contributed by atoms with Gasteiger partial charge >= 0.3 is 5.97 Å². The Kier molecular flexibility index (Phi) is 5.13. The normalized spacial score (nSPS) is 16.3. The minimum absolute atomic E-state index is 0.148. The SMILES string of the molecule is CCCC(O[N+](=O)[O-])C1=CC(=C(Br)Br)OC1=O. The zero-order chi connectivity index (χ0) is 13.0. The lowest BCUT2D eigenvalue weighted by Crippen LogP contribution is -2.22. The van der Waals surface area contributed by atoms with E-state index in [4.69, 9.17) is 4.74 Å². The van der Waals surface area contributed by atoms with Crippen molar-refractivity contribution in [3.8, 4) is 0 Å². The lowest BCUT2D eigenvalue weighted by molar-refractivity contribution is -0.766. The fraction of sp³-hybridized carbons (Fsp3) is 0.444.